The molecule has 0 bridgehead atoms. The molecule has 2 aromatic rings. The Morgan fingerprint density at radius 1 is 1.47 bits per heavy atom. The zero-order chi connectivity index (χ0) is 13.4. The Hall–Kier alpha value is -1.37. The fraction of sp³-hybridized carbons (Fsp3) is 0.286. The average molecular weight is 368 g/mol. The van der Waals surface area contributed by atoms with Gasteiger partial charge in [-0.05, 0) is 35.1 Å². The lowest BCUT2D eigenvalue weighted by atomic mass is 10.0. The Balaban J connectivity index is 2.10. The van der Waals surface area contributed by atoms with Crippen molar-refractivity contribution in [3.8, 4) is 5.75 Å². The van der Waals surface area contributed by atoms with Crippen LogP contribution in [0, 0.1) is 3.57 Å². The second-order valence-corrected chi connectivity index (χ2v) is 5.55. The van der Waals surface area contributed by atoms with Crippen molar-refractivity contribution < 1.29 is 4.74 Å². The van der Waals surface area contributed by atoms with Crippen molar-refractivity contribution in [2.75, 3.05) is 6.61 Å². The minimum atomic E-state index is -0.0631. The minimum absolute atomic E-state index is 0.0196. The quantitative estimate of drug-likeness (QED) is 0.829. The van der Waals surface area contributed by atoms with Gasteiger partial charge in [0.05, 0.1) is 15.2 Å². The van der Waals surface area contributed by atoms with Gasteiger partial charge in [-0.15, -0.1) is 0 Å². The van der Waals surface area contributed by atoms with Gasteiger partial charge in [0.2, 0.25) is 0 Å². The largest absolute Gasteiger partial charge is 0.492 e. The molecule has 1 atom stereocenters. The van der Waals surface area contributed by atoms with Gasteiger partial charge in [0, 0.05) is 5.56 Å². The number of H-pyrrole nitrogens is 1. The van der Waals surface area contributed by atoms with E-state index in [1.165, 1.54) is 0 Å². The van der Waals surface area contributed by atoms with Crippen LogP contribution in [0.15, 0.2) is 29.1 Å². The number of nitrogens with zero attached hydrogens (tertiary/aromatic N) is 1. The van der Waals surface area contributed by atoms with Crippen molar-refractivity contribution in [3.63, 3.8) is 0 Å². The topological polar surface area (TPSA) is 55.0 Å². The molecule has 19 heavy (non-hydrogen) atoms. The summed E-state index contributed by atoms with van der Waals surface area (Å²) in [5.41, 5.74) is 1.88. The molecular formula is C14H13IN2O2. The van der Waals surface area contributed by atoms with E-state index in [-0.39, 0.29) is 11.5 Å². The van der Waals surface area contributed by atoms with E-state index in [0.29, 0.717) is 16.0 Å². The molecule has 1 aliphatic heterocycles. The molecule has 1 unspecified atom stereocenters. The van der Waals surface area contributed by atoms with Crippen LogP contribution in [-0.2, 0) is 6.42 Å². The molecule has 0 saturated heterocycles. The number of aryl methyl sites for hydroxylation is 1. The molecule has 0 amide bonds. The predicted octanol–water partition coefficient (Wildman–Crippen LogP) is 2.46. The summed E-state index contributed by atoms with van der Waals surface area (Å²) in [6.45, 7) is 2.54. The summed E-state index contributed by atoms with van der Waals surface area (Å²) in [5, 5.41) is 0. The zero-order valence-corrected chi connectivity index (χ0v) is 12.6. The normalized spacial score (nSPS) is 17.1. The van der Waals surface area contributed by atoms with E-state index in [9.17, 15) is 4.79 Å². The number of fused-ring (bicyclic) bond motifs is 1. The Bertz CT molecular complexity index is 681. The number of aromatic nitrogens is 2. The maximum absolute atomic E-state index is 11.9. The molecule has 0 radical (unpaired) electrons. The monoisotopic (exact) mass is 368 g/mol. The van der Waals surface area contributed by atoms with Crippen molar-refractivity contribution in [2.45, 2.75) is 19.3 Å². The molecule has 2 heterocycles. The van der Waals surface area contributed by atoms with Crippen LogP contribution in [0.3, 0.4) is 0 Å². The second kappa shape index (κ2) is 4.96. The van der Waals surface area contributed by atoms with E-state index in [4.69, 9.17) is 4.74 Å². The molecule has 0 aliphatic carbocycles. The van der Waals surface area contributed by atoms with Gasteiger partial charge in [0.25, 0.3) is 5.56 Å². The first-order chi connectivity index (χ1) is 9.20. The second-order valence-electron chi connectivity index (χ2n) is 4.47. The van der Waals surface area contributed by atoms with Gasteiger partial charge in [0.1, 0.15) is 18.2 Å². The van der Waals surface area contributed by atoms with Gasteiger partial charge >= 0.3 is 0 Å². The smallest absolute Gasteiger partial charge is 0.264 e. The lowest BCUT2D eigenvalue weighted by molar-refractivity contribution is 0.339. The Kier molecular flexibility index (Phi) is 3.30. The van der Waals surface area contributed by atoms with Gasteiger partial charge in [-0.1, -0.05) is 25.1 Å². The highest BCUT2D eigenvalue weighted by Gasteiger charge is 2.27. The van der Waals surface area contributed by atoms with E-state index in [1.54, 1.807) is 0 Å². The third-order valence-electron chi connectivity index (χ3n) is 3.31. The Labute approximate surface area is 124 Å². The summed E-state index contributed by atoms with van der Waals surface area (Å²) in [4.78, 5) is 19.4. The lowest BCUT2D eigenvalue weighted by Crippen LogP contribution is -2.21. The van der Waals surface area contributed by atoms with E-state index < -0.39 is 0 Å². The molecule has 0 saturated carbocycles. The van der Waals surface area contributed by atoms with Crippen LogP contribution in [-0.4, -0.2) is 16.6 Å². The maximum Gasteiger partial charge on any atom is 0.264 e. The first kappa shape index (κ1) is 12.7. The number of nitrogens with one attached hydrogen (secondary N) is 1. The fourth-order valence-corrected chi connectivity index (χ4v) is 2.95. The van der Waals surface area contributed by atoms with Crippen molar-refractivity contribution in [3.05, 3.63) is 55.3 Å². The molecular weight excluding hydrogens is 355 g/mol. The van der Waals surface area contributed by atoms with Crippen molar-refractivity contribution in [1.82, 2.24) is 9.97 Å². The highest BCUT2D eigenvalue weighted by molar-refractivity contribution is 14.1. The molecule has 0 spiro atoms. The summed E-state index contributed by atoms with van der Waals surface area (Å²) >= 11 is 2.05. The Morgan fingerprint density at radius 2 is 2.26 bits per heavy atom. The number of halogens is 1. The van der Waals surface area contributed by atoms with Crippen LogP contribution in [0.4, 0.5) is 0 Å². The molecule has 1 aromatic carbocycles. The maximum atomic E-state index is 11.9. The van der Waals surface area contributed by atoms with Crippen LogP contribution in [0.25, 0.3) is 0 Å². The van der Waals surface area contributed by atoms with E-state index >= 15 is 0 Å². The average Bonchev–Trinajstić information content (AvgIpc) is 2.85. The summed E-state index contributed by atoms with van der Waals surface area (Å²) in [7, 11) is 0. The van der Waals surface area contributed by atoms with E-state index in [0.717, 1.165) is 23.4 Å². The number of rotatable bonds is 2. The number of para-hydroxylation sites is 1. The van der Waals surface area contributed by atoms with E-state index in [1.807, 2.05) is 53.8 Å². The van der Waals surface area contributed by atoms with E-state index in [2.05, 4.69) is 9.97 Å². The molecule has 4 nitrogen and oxygen atoms in total. The number of hydrogen-bond donors (Lipinski definition) is 1. The Morgan fingerprint density at radius 3 is 3.05 bits per heavy atom. The highest BCUT2D eigenvalue weighted by Crippen LogP contribution is 2.36. The molecule has 1 aromatic heterocycles. The standard InChI is InChI=1S/C14H13IN2O2/c1-2-10-12(15)14(18)17-13(16-10)9-7-19-11-6-4-3-5-8(9)11/h3-6,9H,2,7H2,1H3,(H,16,17,18). The summed E-state index contributed by atoms with van der Waals surface area (Å²) in [6.07, 6.45) is 0.754. The molecule has 0 fully saturated rings. The summed E-state index contributed by atoms with van der Waals surface area (Å²) in [6, 6.07) is 7.90. The SMILES string of the molecule is CCc1nc(C2COc3ccccc32)[nH]c(=O)c1I. The van der Waals surface area contributed by atoms with Crippen LogP contribution in [0.2, 0.25) is 0 Å². The molecule has 1 N–H and O–H groups in total. The molecule has 1 aliphatic rings. The number of benzene rings is 1. The van der Waals surface area contributed by atoms with Crippen LogP contribution >= 0.6 is 22.6 Å². The predicted molar refractivity (Wildman–Crippen MR) is 80.7 cm³/mol. The highest BCUT2D eigenvalue weighted by atomic mass is 127. The molecule has 3 rings (SSSR count). The molecule has 5 heteroatoms. The fourth-order valence-electron chi connectivity index (χ4n) is 2.31. The lowest BCUT2D eigenvalue weighted by Gasteiger charge is -2.10. The first-order valence-electron chi connectivity index (χ1n) is 6.21. The van der Waals surface area contributed by atoms with Gasteiger partial charge in [-0.25, -0.2) is 4.98 Å². The van der Waals surface area contributed by atoms with Crippen LogP contribution in [0.1, 0.15) is 29.9 Å². The zero-order valence-electron chi connectivity index (χ0n) is 10.4. The number of aromatic amines is 1. The van der Waals surface area contributed by atoms with Crippen molar-refractivity contribution in [1.29, 1.82) is 0 Å². The van der Waals surface area contributed by atoms with Gasteiger partial charge in [-0.2, -0.15) is 0 Å². The number of hydrogen-bond acceptors (Lipinski definition) is 3. The van der Waals surface area contributed by atoms with Gasteiger partial charge < -0.3 is 9.72 Å². The number of ether oxygens (including phenoxy) is 1. The third-order valence-corrected chi connectivity index (χ3v) is 4.43. The van der Waals surface area contributed by atoms with Gasteiger partial charge in [-0.3, -0.25) is 4.79 Å². The summed E-state index contributed by atoms with van der Waals surface area (Å²) < 4.78 is 6.32. The minimum Gasteiger partial charge on any atom is -0.492 e. The summed E-state index contributed by atoms with van der Waals surface area (Å²) in [5.74, 6) is 1.60. The molecule has 98 valence electrons. The van der Waals surface area contributed by atoms with Crippen molar-refractivity contribution in [2.24, 2.45) is 0 Å². The first-order valence-corrected chi connectivity index (χ1v) is 7.29. The van der Waals surface area contributed by atoms with Crippen LogP contribution in [0.5, 0.6) is 5.75 Å². The third kappa shape index (κ3) is 2.16. The van der Waals surface area contributed by atoms with Crippen molar-refractivity contribution >= 4 is 22.6 Å². The van der Waals surface area contributed by atoms with Gasteiger partial charge in [0.15, 0.2) is 0 Å². The van der Waals surface area contributed by atoms with Crippen LogP contribution < -0.4 is 10.3 Å².